The molecule has 0 fully saturated rings. The number of nitrogens with one attached hydrogen (secondary N) is 1. The van der Waals surface area contributed by atoms with Gasteiger partial charge in [0.2, 0.25) is 10.0 Å². The summed E-state index contributed by atoms with van der Waals surface area (Å²) in [5.41, 5.74) is -0.540. The van der Waals surface area contributed by atoms with Crippen molar-refractivity contribution in [2.45, 2.75) is 24.3 Å². The Kier molecular flexibility index (Phi) is 2.12. The first-order chi connectivity index (χ1) is 7.26. The van der Waals surface area contributed by atoms with E-state index in [0.717, 1.165) is 0 Å². The lowest BCUT2D eigenvalue weighted by Gasteiger charge is -2.19. The number of fused-ring (bicyclic) bond motifs is 1. The van der Waals surface area contributed by atoms with Gasteiger partial charge < -0.3 is 5.11 Å². The highest BCUT2D eigenvalue weighted by Crippen LogP contribution is 2.37. The van der Waals surface area contributed by atoms with Crippen LogP contribution in [-0.4, -0.2) is 19.5 Å². The zero-order valence-electron chi connectivity index (χ0n) is 8.81. The second-order valence-electron chi connectivity index (χ2n) is 4.21. The zero-order valence-corrected chi connectivity index (χ0v) is 9.63. The molecule has 0 unspecified atom stereocenters. The lowest BCUT2D eigenvalue weighted by Crippen LogP contribution is -2.33. The van der Waals surface area contributed by atoms with Crippen molar-refractivity contribution in [1.82, 2.24) is 4.72 Å². The van der Waals surface area contributed by atoms with Gasteiger partial charge in [0.15, 0.2) is 0 Å². The fourth-order valence-electron chi connectivity index (χ4n) is 2.02. The Morgan fingerprint density at radius 3 is 2.56 bits per heavy atom. The maximum atomic E-state index is 11.7. The van der Waals surface area contributed by atoms with Gasteiger partial charge in [-0.05, 0) is 26.0 Å². The second kappa shape index (κ2) is 3.05. The maximum absolute atomic E-state index is 11.7. The molecule has 1 aromatic carbocycles. The summed E-state index contributed by atoms with van der Waals surface area (Å²) in [4.78, 5) is 11.1. The lowest BCUT2D eigenvalue weighted by molar-refractivity contribution is 0.0693. The Morgan fingerprint density at radius 2 is 2.00 bits per heavy atom. The molecule has 1 aromatic rings. The molecule has 6 heteroatoms. The summed E-state index contributed by atoms with van der Waals surface area (Å²) in [6.07, 6.45) is 0. The number of carbonyl (C=O) groups is 1. The number of aromatic carboxylic acids is 1. The number of carboxylic acid groups (broad SMARTS) is 1. The molecule has 2 rings (SSSR count). The molecule has 0 radical (unpaired) electrons. The van der Waals surface area contributed by atoms with Gasteiger partial charge in [0.05, 0.1) is 16.0 Å². The molecular formula is C10H11NO4S. The molecule has 16 heavy (non-hydrogen) atoms. The minimum atomic E-state index is -3.58. The normalized spacial score (nSPS) is 20.4. The van der Waals surface area contributed by atoms with Crippen LogP contribution in [0.3, 0.4) is 0 Å². The third-order valence-corrected chi connectivity index (χ3v) is 4.26. The molecule has 0 atom stereocenters. The van der Waals surface area contributed by atoms with Gasteiger partial charge in [-0.15, -0.1) is 0 Å². The van der Waals surface area contributed by atoms with Crippen LogP contribution in [0.1, 0.15) is 29.8 Å². The first-order valence-corrected chi connectivity index (χ1v) is 6.15. The van der Waals surface area contributed by atoms with Gasteiger partial charge in [-0.1, -0.05) is 6.07 Å². The highest BCUT2D eigenvalue weighted by atomic mass is 32.2. The van der Waals surface area contributed by atoms with E-state index in [1.54, 1.807) is 13.8 Å². The molecule has 1 aliphatic heterocycles. The third kappa shape index (κ3) is 1.42. The quantitative estimate of drug-likeness (QED) is 0.765. The van der Waals surface area contributed by atoms with Crippen molar-refractivity contribution >= 4 is 16.0 Å². The summed E-state index contributed by atoms with van der Waals surface area (Å²) in [6.45, 7) is 3.28. The first kappa shape index (κ1) is 11.1. The number of hydrogen-bond acceptors (Lipinski definition) is 3. The van der Waals surface area contributed by atoms with E-state index in [1.165, 1.54) is 18.2 Å². The van der Waals surface area contributed by atoms with Crippen LogP contribution in [0.2, 0.25) is 0 Å². The molecule has 0 spiro atoms. The van der Waals surface area contributed by atoms with E-state index >= 15 is 0 Å². The summed E-state index contributed by atoms with van der Waals surface area (Å²) in [5.74, 6) is -1.12. The van der Waals surface area contributed by atoms with Crippen molar-refractivity contribution in [1.29, 1.82) is 0 Å². The van der Waals surface area contributed by atoms with Crippen molar-refractivity contribution < 1.29 is 18.3 Å². The minimum Gasteiger partial charge on any atom is -0.478 e. The van der Waals surface area contributed by atoms with Crippen LogP contribution in [0.15, 0.2) is 23.1 Å². The highest BCUT2D eigenvalue weighted by molar-refractivity contribution is 7.89. The molecule has 1 aliphatic rings. The fraction of sp³-hybridized carbons (Fsp3) is 0.300. The molecule has 0 bridgehead atoms. The average molecular weight is 241 g/mol. The van der Waals surface area contributed by atoms with Crippen LogP contribution in [-0.2, 0) is 15.6 Å². The molecular weight excluding hydrogens is 230 g/mol. The van der Waals surface area contributed by atoms with Crippen LogP contribution in [0.25, 0.3) is 0 Å². The van der Waals surface area contributed by atoms with Crippen LogP contribution in [0, 0.1) is 0 Å². The molecule has 0 aromatic heterocycles. The zero-order chi connectivity index (χ0) is 12.1. The number of carboxylic acids is 1. The van der Waals surface area contributed by atoms with Crippen molar-refractivity contribution in [2.24, 2.45) is 0 Å². The Labute approximate surface area is 93.2 Å². The molecule has 0 aliphatic carbocycles. The van der Waals surface area contributed by atoms with Crippen LogP contribution in [0.4, 0.5) is 0 Å². The summed E-state index contributed by atoms with van der Waals surface area (Å²) in [6, 6.07) is 4.26. The monoisotopic (exact) mass is 241 g/mol. The molecule has 5 nitrogen and oxygen atoms in total. The smallest absolute Gasteiger partial charge is 0.336 e. The SMILES string of the molecule is CC1(C)NS(=O)(=O)c2cccc(C(=O)O)c21. The van der Waals surface area contributed by atoms with Crippen LogP contribution < -0.4 is 4.72 Å². The van der Waals surface area contributed by atoms with E-state index in [9.17, 15) is 13.2 Å². The average Bonchev–Trinajstić information content (AvgIpc) is 2.33. The van der Waals surface area contributed by atoms with Gasteiger partial charge in [0, 0.05) is 5.56 Å². The van der Waals surface area contributed by atoms with Crippen molar-refractivity contribution in [3.05, 3.63) is 29.3 Å². The van der Waals surface area contributed by atoms with E-state index in [-0.39, 0.29) is 10.5 Å². The fourth-order valence-corrected chi connectivity index (χ4v) is 3.80. The summed E-state index contributed by atoms with van der Waals surface area (Å²) < 4.78 is 25.9. The van der Waals surface area contributed by atoms with E-state index in [2.05, 4.69) is 4.72 Å². The van der Waals surface area contributed by atoms with E-state index in [4.69, 9.17) is 5.11 Å². The second-order valence-corrected chi connectivity index (χ2v) is 5.87. The van der Waals surface area contributed by atoms with Crippen LogP contribution >= 0.6 is 0 Å². The van der Waals surface area contributed by atoms with Gasteiger partial charge in [0.1, 0.15) is 0 Å². The van der Waals surface area contributed by atoms with Gasteiger partial charge in [-0.25, -0.2) is 17.9 Å². The Morgan fingerprint density at radius 1 is 1.38 bits per heavy atom. The molecule has 86 valence electrons. The number of rotatable bonds is 1. The van der Waals surface area contributed by atoms with E-state index in [0.29, 0.717) is 5.56 Å². The summed E-state index contributed by atoms with van der Waals surface area (Å²) in [5, 5.41) is 9.03. The van der Waals surface area contributed by atoms with Gasteiger partial charge >= 0.3 is 5.97 Å². The van der Waals surface area contributed by atoms with Crippen molar-refractivity contribution in [3.8, 4) is 0 Å². The lowest BCUT2D eigenvalue weighted by atomic mass is 9.91. The number of sulfonamides is 1. The Balaban J connectivity index is 2.86. The topological polar surface area (TPSA) is 83.5 Å². The summed E-state index contributed by atoms with van der Waals surface area (Å²) >= 11 is 0. The largest absolute Gasteiger partial charge is 0.478 e. The molecule has 1 heterocycles. The molecule has 0 amide bonds. The van der Waals surface area contributed by atoms with Gasteiger partial charge in [-0.2, -0.15) is 0 Å². The predicted octanol–water partition coefficient (Wildman–Crippen LogP) is 0.912. The molecule has 0 saturated carbocycles. The highest BCUT2D eigenvalue weighted by Gasteiger charge is 2.42. The predicted molar refractivity (Wildman–Crippen MR) is 56.7 cm³/mol. The Hall–Kier alpha value is -1.40. The van der Waals surface area contributed by atoms with E-state index in [1.807, 2.05) is 0 Å². The van der Waals surface area contributed by atoms with E-state index < -0.39 is 21.5 Å². The Bertz CT molecular complexity index is 574. The minimum absolute atomic E-state index is 0.0241. The molecule has 0 saturated heterocycles. The molecule has 2 N–H and O–H groups in total. The summed E-state index contributed by atoms with van der Waals surface area (Å²) in [7, 11) is -3.58. The third-order valence-electron chi connectivity index (χ3n) is 2.56. The standard InChI is InChI=1S/C10H11NO4S/c1-10(2)8-6(9(12)13)4-3-5-7(8)16(14,15)11-10/h3-5,11H,1-2H3,(H,12,13). The van der Waals surface area contributed by atoms with Crippen LogP contribution in [0.5, 0.6) is 0 Å². The maximum Gasteiger partial charge on any atom is 0.336 e. The van der Waals surface area contributed by atoms with Crippen molar-refractivity contribution in [3.63, 3.8) is 0 Å². The first-order valence-electron chi connectivity index (χ1n) is 4.66. The number of hydrogen-bond donors (Lipinski definition) is 2. The van der Waals surface area contributed by atoms with Gasteiger partial charge in [-0.3, -0.25) is 0 Å². The van der Waals surface area contributed by atoms with Gasteiger partial charge in [0.25, 0.3) is 0 Å². The van der Waals surface area contributed by atoms with Crippen molar-refractivity contribution in [2.75, 3.05) is 0 Å². The number of benzene rings is 1.